The molecule has 1 aromatic carbocycles. The zero-order valence-corrected chi connectivity index (χ0v) is 9.35. The van der Waals surface area contributed by atoms with Crippen LogP contribution in [0.1, 0.15) is 23.7 Å². The van der Waals surface area contributed by atoms with Crippen molar-refractivity contribution in [1.82, 2.24) is 9.78 Å². The molecular weight excluding hydrogens is 198 g/mol. The monoisotopic (exact) mass is 213 g/mol. The zero-order chi connectivity index (χ0) is 11.0. The summed E-state index contributed by atoms with van der Waals surface area (Å²) in [4.78, 5) is 0. The molecule has 0 saturated heterocycles. The number of nitrogens with one attached hydrogen (secondary N) is 1. The van der Waals surface area contributed by atoms with Crippen LogP contribution >= 0.6 is 0 Å². The molecule has 3 nitrogen and oxygen atoms in total. The number of aryl methyl sites for hydroxylation is 2. The van der Waals surface area contributed by atoms with Gasteiger partial charge in [-0.05, 0) is 30.5 Å². The van der Waals surface area contributed by atoms with Gasteiger partial charge in [-0.3, -0.25) is 4.68 Å². The lowest BCUT2D eigenvalue weighted by Gasteiger charge is -2.25. The third-order valence-electron chi connectivity index (χ3n) is 3.14. The number of hydrogen-bond donors (Lipinski definition) is 1. The highest BCUT2D eigenvalue weighted by atomic mass is 15.3. The van der Waals surface area contributed by atoms with Gasteiger partial charge in [0, 0.05) is 18.9 Å². The van der Waals surface area contributed by atoms with E-state index in [1.807, 2.05) is 17.9 Å². The normalized spacial score (nSPS) is 18.9. The van der Waals surface area contributed by atoms with Gasteiger partial charge < -0.3 is 5.32 Å². The van der Waals surface area contributed by atoms with E-state index in [1.165, 1.54) is 11.3 Å². The standard InChI is InChI=1S/C13H15N3/c1-16-9-8-13(15-16)12-7-6-10-4-2-3-5-11(10)14-12/h2-5,8-9,12,14H,6-7H2,1H3. The van der Waals surface area contributed by atoms with E-state index in [-0.39, 0.29) is 0 Å². The van der Waals surface area contributed by atoms with Gasteiger partial charge in [-0.1, -0.05) is 18.2 Å². The van der Waals surface area contributed by atoms with E-state index >= 15 is 0 Å². The molecule has 0 fully saturated rings. The van der Waals surface area contributed by atoms with Crippen LogP contribution in [0.5, 0.6) is 0 Å². The number of para-hydroxylation sites is 1. The minimum atomic E-state index is 0.357. The minimum absolute atomic E-state index is 0.357. The van der Waals surface area contributed by atoms with Gasteiger partial charge in [-0.15, -0.1) is 0 Å². The van der Waals surface area contributed by atoms with Crippen molar-refractivity contribution in [1.29, 1.82) is 0 Å². The molecule has 0 radical (unpaired) electrons. The lowest BCUT2D eigenvalue weighted by molar-refractivity contribution is 0.628. The highest BCUT2D eigenvalue weighted by molar-refractivity contribution is 5.54. The quantitative estimate of drug-likeness (QED) is 0.788. The summed E-state index contributed by atoms with van der Waals surface area (Å²) >= 11 is 0. The average Bonchev–Trinajstić information content (AvgIpc) is 2.75. The molecule has 2 aromatic rings. The van der Waals surface area contributed by atoms with Crippen LogP contribution in [-0.4, -0.2) is 9.78 Å². The van der Waals surface area contributed by atoms with E-state index in [0.717, 1.165) is 18.5 Å². The van der Waals surface area contributed by atoms with Crippen molar-refractivity contribution in [3.63, 3.8) is 0 Å². The Bertz CT molecular complexity index is 501. The van der Waals surface area contributed by atoms with Gasteiger partial charge in [-0.2, -0.15) is 5.10 Å². The number of anilines is 1. The molecule has 1 unspecified atom stereocenters. The van der Waals surface area contributed by atoms with Crippen LogP contribution in [0.2, 0.25) is 0 Å². The number of aromatic nitrogens is 2. The molecule has 0 saturated carbocycles. The first-order valence-corrected chi connectivity index (χ1v) is 5.67. The van der Waals surface area contributed by atoms with Gasteiger partial charge in [0.15, 0.2) is 0 Å². The molecule has 0 aliphatic carbocycles. The van der Waals surface area contributed by atoms with Crippen LogP contribution < -0.4 is 5.32 Å². The van der Waals surface area contributed by atoms with Crippen LogP contribution in [0.25, 0.3) is 0 Å². The maximum atomic E-state index is 4.46. The fraction of sp³-hybridized carbons (Fsp3) is 0.308. The van der Waals surface area contributed by atoms with Gasteiger partial charge >= 0.3 is 0 Å². The van der Waals surface area contributed by atoms with Crippen LogP contribution in [0.4, 0.5) is 5.69 Å². The minimum Gasteiger partial charge on any atom is -0.376 e. The number of nitrogens with zero attached hydrogens (tertiary/aromatic N) is 2. The number of rotatable bonds is 1. The molecule has 1 aromatic heterocycles. The third-order valence-corrected chi connectivity index (χ3v) is 3.14. The summed E-state index contributed by atoms with van der Waals surface area (Å²) in [6, 6.07) is 11.0. The highest BCUT2D eigenvalue weighted by Gasteiger charge is 2.20. The largest absolute Gasteiger partial charge is 0.376 e. The summed E-state index contributed by atoms with van der Waals surface area (Å²) in [6.07, 6.45) is 4.25. The third kappa shape index (κ3) is 1.58. The molecule has 0 spiro atoms. The van der Waals surface area contributed by atoms with Crippen molar-refractivity contribution in [3.05, 3.63) is 47.8 Å². The number of hydrogen-bond acceptors (Lipinski definition) is 2. The van der Waals surface area contributed by atoms with E-state index in [2.05, 4.69) is 40.7 Å². The summed E-state index contributed by atoms with van der Waals surface area (Å²) in [6.45, 7) is 0. The van der Waals surface area contributed by atoms with Crippen molar-refractivity contribution >= 4 is 5.69 Å². The predicted molar refractivity (Wildman–Crippen MR) is 64.3 cm³/mol. The lowest BCUT2D eigenvalue weighted by Crippen LogP contribution is -2.18. The molecule has 3 heteroatoms. The van der Waals surface area contributed by atoms with Crippen molar-refractivity contribution in [2.75, 3.05) is 5.32 Å². The lowest BCUT2D eigenvalue weighted by atomic mass is 9.96. The highest BCUT2D eigenvalue weighted by Crippen LogP contribution is 2.31. The average molecular weight is 213 g/mol. The van der Waals surface area contributed by atoms with Crippen LogP contribution in [-0.2, 0) is 13.5 Å². The van der Waals surface area contributed by atoms with E-state index in [4.69, 9.17) is 0 Å². The molecule has 0 bridgehead atoms. The second-order valence-electron chi connectivity index (χ2n) is 4.31. The summed E-state index contributed by atoms with van der Waals surface area (Å²) < 4.78 is 1.86. The molecule has 3 rings (SSSR count). The van der Waals surface area contributed by atoms with Crippen LogP contribution in [0.15, 0.2) is 36.5 Å². The molecule has 1 aliphatic rings. The maximum Gasteiger partial charge on any atom is 0.0846 e. The van der Waals surface area contributed by atoms with Gasteiger partial charge in [0.25, 0.3) is 0 Å². The second kappa shape index (κ2) is 3.67. The first kappa shape index (κ1) is 9.46. The molecular formula is C13H15N3. The number of benzene rings is 1. The maximum absolute atomic E-state index is 4.46. The fourth-order valence-corrected chi connectivity index (χ4v) is 2.28. The van der Waals surface area contributed by atoms with E-state index in [9.17, 15) is 0 Å². The van der Waals surface area contributed by atoms with Gasteiger partial charge in [0.1, 0.15) is 0 Å². The summed E-state index contributed by atoms with van der Waals surface area (Å²) in [5.41, 5.74) is 3.80. The van der Waals surface area contributed by atoms with Gasteiger partial charge in [0.2, 0.25) is 0 Å². The first-order valence-electron chi connectivity index (χ1n) is 5.67. The first-order chi connectivity index (χ1) is 7.83. The van der Waals surface area contributed by atoms with Crippen LogP contribution in [0, 0.1) is 0 Å². The van der Waals surface area contributed by atoms with E-state index < -0.39 is 0 Å². The van der Waals surface area contributed by atoms with E-state index in [1.54, 1.807) is 0 Å². The Morgan fingerprint density at radius 3 is 3.00 bits per heavy atom. The molecule has 1 N–H and O–H groups in total. The molecule has 1 aliphatic heterocycles. The Morgan fingerprint density at radius 2 is 2.19 bits per heavy atom. The Hall–Kier alpha value is -1.77. The Morgan fingerprint density at radius 1 is 1.31 bits per heavy atom. The van der Waals surface area contributed by atoms with Gasteiger partial charge in [-0.25, -0.2) is 0 Å². The Balaban J connectivity index is 1.88. The van der Waals surface area contributed by atoms with Crippen molar-refractivity contribution in [2.24, 2.45) is 7.05 Å². The topological polar surface area (TPSA) is 29.9 Å². The smallest absolute Gasteiger partial charge is 0.0846 e. The predicted octanol–water partition coefficient (Wildman–Crippen LogP) is 2.52. The summed E-state index contributed by atoms with van der Waals surface area (Å²) in [5, 5.41) is 8.01. The SMILES string of the molecule is Cn1ccc(C2CCc3ccccc3N2)n1. The van der Waals surface area contributed by atoms with Crippen molar-refractivity contribution in [2.45, 2.75) is 18.9 Å². The Labute approximate surface area is 95.1 Å². The molecule has 1 atom stereocenters. The van der Waals surface area contributed by atoms with Crippen LogP contribution in [0.3, 0.4) is 0 Å². The van der Waals surface area contributed by atoms with Crippen molar-refractivity contribution < 1.29 is 0 Å². The second-order valence-corrected chi connectivity index (χ2v) is 4.31. The molecule has 16 heavy (non-hydrogen) atoms. The van der Waals surface area contributed by atoms with E-state index in [0.29, 0.717) is 6.04 Å². The zero-order valence-electron chi connectivity index (χ0n) is 9.35. The fourth-order valence-electron chi connectivity index (χ4n) is 2.28. The molecule has 0 amide bonds. The van der Waals surface area contributed by atoms with Crippen molar-refractivity contribution in [3.8, 4) is 0 Å². The molecule has 82 valence electrons. The summed E-state index contributed by atoms with van der Waals surface area (Å²) in [5.74, 6) is 0. The van der Waals surface area contributed by atoms with Gasteiger partial charge in [0.05, 0.1) is 11.7 Å². The molecule has 2 heterocycles. The number of fused-ring (bicyclic) bond motifs is 1. The Kier molecular flexibility index (Phi) is 2.17. The summed E-state index contributed by atoms with van der Waals surface area (Å²) in [7, 11) is 1.96.